The van der Waals surface area contributed by atoms with E-state index in [0.717, 1.165) is 37.0 Å². The summed E-state index contributed by atoms with van der Waals surface area (Å²) >= 11 is 0. The number of para-hydroxylation sites is 1. The third-order valence-electron chi connectivity index (χ3n) is 5.59. The molecular weight excluding hydrogens is 280 g/mol. The summed E-state index contributed by atoms with van der Waals surface area (Å²) in [6.07, 6.45) is 2.59. The molecule has 22 heavy (non-hydrogen) atoms. The summed E-state index contributed by atoms with van der Waals surface area (Å²) in [4.78, 5) is 13.4. The molecule has 118 valence electrons. The van der Waals surface area contributed by atoms with Gasteiger partial charge >= 0.3 is 5.97 Å². The molecular formula is C17H22N2O3. The van der Waals surface area contributed by atoms with Gasteiger partial charge in [-0.05, 0) is 43.8 Å². The van der Waals surface area contributed by atoms with Gasteiger partial charge in [0.25, 0.3) is 0 Å². The summed E-state index contributed by atoms with van der Waals surface area (Å²) in [5.74, 6) is 1.37. The molecule has 2 N–H and O–H groups in total. The van der Waals surface area contributed by atoms with E-state index in [1.54, 1.807) is 0 Å². The Morgan fingerprint density at radius 2 is 1.91 bits per heavy atom. The summed E-state index contributed by atoms with van der Waals surface area (Å²) in [5.41, 5.74) is 1.11. The van der Waals surface area contributed by atoms with Gasteiger partial charge < -0.3 is 15.2 Å². The molecule has 3 aliphatic heterocycles. The van der Waals surface area contributed by atoms with Crippen molar-refractivity contribution in [2.75, 3.05) is 19.7 Å². The average molecular weight is 302 g/mol. The summed E-state index contributed by atoms with van der Waals surface area (Å²) in [6.45, 7) is 2.90. The SMILES string of the molecule is O=C(O)COc1ccccc1CN1[C@@H]2CC[C@H]1[C@H]1CNC[C@H]12. The molecule has 5 nitrogen and oxygen atoms in total. The van der Waals surface area contributed by atoms with Gasteiger partial charge in [-0.2, -0.15) is 0 Å². The first-order valence-electron chi connectivity index (χ1n) is 8.13. The van der Waals surface area contributed by atoms with E-state index in [9.17, 15) is 4.79 Å². The van der Waals surface area contributed by atoms with Crippen LogP contribution in [0, 0.1) is 11.8 Å². The Hall–Kier alpha value is -1.59. The van der Waals surface area contributed by atoms with E-state index in [-0.39, 0.29) is 6.61 Å². The number of carboxylic acids is 1. The minimum atomic E-state index is -0.934. The zero-order chi connectivity index (χ0) is 15.1. The van der Waals surface area contributed by atoms with E-state index in [4.69, 9.17) is 9.84 Å². The van der Waals surface area contributed by atoms with Crippen molar-refractivity contribution in [1.82, 2.24) is 10.2 Å². The number of hydrogen-bond donors (Lipinski definition) is 2. The van der Waals surface area contributed by atoms with Crippen LogP contribution in [0.2, 0.25) is 0 Å². The normalized spacial score (nSPS) is 33.1. The molecule has 0 spiro atoms. The van der Waals surface area contributed by atoms with Crippen molar-refractivity contribution in [2.24, 2.45) is 11.8 Å². The van der Waals surface area contributed by atoms with Crippen LogP contribution in [0.4, 0.5) is 0 Å². The molecule has 0 unspecified atom stereocenters. The fraction of sp³-hybridized carbons (Fsp3) is 0.588. The van der Waals surface area contributed by atoms with Gasteiger partial charge in [-0.3, -0.25) is 4.90 Å². The lowest BCUT2D eigenvalue weighted by Crippen LogP contribution is -2.33. The van der Waals surface area contributed by atoms with Crippen molar-refractivity contribution < 1.29 is 14.6 Å². The number of nitrogens with zero attached hydrogens (tertiary/aromatic N) is 1. The summed E-state index contributed by atoms with van der Waals surface area (Å²) < 4.78 is 5.46. The van der Waals surface area contributed by atoms with Crippen molar-refractivity contribution in [3.05, 3.63) is 29.8 Å². The van der Waals surface area contributed by atoms with Crippen LogP contribution >= 0.6 is 0 Å². The number of rotatable bonds is 5. The van der Waals surface area contributed by atoms with Gasteiger partial charge in [-0.1, -0.05) is 18.2 Å². The Kier molecular flexibility index (Phi) is 3.54. The Balaban J connectivity index is 1.51. The maximum atomic E-state index is 10.7. The van der Waals surface area contributed by atoms with Crippen molar-refractivity contribution in [2.45, 2.75) is 31.5 Å². The van der Waals surface area contributed by atoms with Gasteiger partial charge in [-0.25, -0.2) is 4.79 Å². The molecule has 0 aromatic heterocycles. The molecule has 3 saturated heterocycles. The number of hydrogen-bond acceptors (Lipinski definition) is 4. The first-order valence-corrected chi connectivity index (χ1v) is 8.13. The van der Waals surface area contributed by atoms with Crippen LogP contribution in [0.5, 0.6) is 5.75 Å². The maximum absolute atomic E-state index is 10.7. The minimum Gasteiger partial charge on any atom is -0.482 e. The third kappa shape index (κ3) is 2.29. The first-order chi connectivity index (χ1) is 10.7. The zero-order valence-electron chi connectivity index (χ0n) is 12.6. The Bertz CT molecular complexity index is 559. The highest BCUT2D eigenvalue weighted by molar-refractivity contribution is 5.68. The molecule has 1 aromatic rings. The predicted octanol–water partition coefficient (Wildman–Crippen LogP) is 1.33. The number of benzene rings is 1. The van der Waals surface area contributed by atoms with Crippen LogP contribution in [-0.4, -0.2) is 47.8 Å². The highest BCUT2D eigenvalue weighted by Gasteiger charge is 2.54. The number of carbonyl (C=O) groups is 1. The smallest absolute Gasteiger partial charge is 0.341 e. The number of ether oxygens (including phenoxy) is 1. The molecule has 0 aliphatic carbocycles. The number of aliphatic carboxylic acids is 1. The number of fused-ring (bicyclic) bond motifs is 5. The second-order valence-electron chi connectivity index (χ2n) is 6.66. The number of nitrogens with one attached hydrogen (secondary N) is 1. The van der Waals surface area contributed by atoms with Gasteiger partial charge in [0.05, 0.1) is 0 Å². The molecule has 4 atom stereocenters. The Morgan fingerprint density at radius 1 is 1.23 bits per heavy atom. The van der Waals surface area contributed by atoms with Crippen molar-refractivity contribution in [1.29, 1.82) is 0 Å². The zero-order valence-corrected chi connectivity index (χ0v) is 12.6. The van der Waals surface area contributed by atoms with Gasteiger partial charge in [-0.15, -0.1) is 0 Å². The fourth-order valence-electron chi connectivity index (χ4n) is 4.75. The lowest BCUT2D eigenvalue weighted by Gasteiger charge is -2.25. The number of carboxylic acid groups (broad SMARTS) is 1. The Morgan fingerprint density at radius 3 is 2.59 bits per heavy atom. The second-order valence-corrected chi connectivity index (χ2v) is 6.66. The monoisotopic (exact) mass is 302 g/mol. The van der Waals surface area contributed by atoms with Crippen LogP contribution in [0.1, 0.15) is 18.4 Å². The third-order valence-corrected chi connectivity index (χ3v) is 5.59. The van der Waals surface area contributed by atoms with E-state index in [1.807, 2.05) is 18.2 Å². The molecule has 0 saturated carbocycles. The van der Waals surface area contributed by atoms with Gasteiger partial charge in [0.15, 0.2) is 6.61 Å². The quantitative estimate of drug-likeness (QED) is 0.859. The molecule has 1 aromatic carbocycles. The van der Waals surface area contributed by atoms with E-state index in [0.29, 0.717) is 17.8 Å². The Labute approximate surface area is 130 Å². The maximum Gasteiger partial charge on any atom is 0.341 e. The van der Waals surface area contributed by atoms with Crippen molar-refractivity contribution in [3.63, 3.8) is 0 Å². The highest BCUT2D eigenvalue weighted by Crippen LogP contribution is 2.48. The van der Waals surface area contributed by atoms with Gasteiger partial charge in [0, 0.05) is 24.2 Å². The topological polar surface area (TPSA) is 61.8 Å². The van der Waals surface area contributed by atoms with Crippen LogP contribution in [-0.2, 0) is 11.3 Å². The fourth-order valence-corrected chi connectivity index (χ4v) is 4.75. The lowest BCUT2D eigenvalue weighted by molar-refractivity contribution is -0.139. The first kappa shape index (κ1) is 14.0. The molecule has 0 radical (unpaired) electrons. The predicted molar refractivity (Wildman–Crippen MR) is 81.8 cm³/mol. The molecule has 3 aliphatic rings. The van der Waals surface area contributed by atoms with E-state index < -0.39 is 5.97 Å². The van der Waals surface area contributed by atoms with E-state index in [1.165, 1.54) is 12.8 Å². The highest BCUT2D eigenvalue weighted by atomic mass is 16.5. The minimum absolute atomic E-state index is 0.279. The second kappa shape index (κ2) is 5.56. The molecule has 0 amide bonds. The van der Waals surface area contributed by atoms with Crippen LogP contribution in [0.25, 0.3) is 0 Å². The molecule has 2 bridgehead atoms. The van der Waals surface area contributed by atoms with Gasteiger partial charge in [0.2, 0.25) is 0 Å². The summed E-state index contributed by atoms with van der Waals surface area (Å²) in [7, 11) is 0. The average Bonchev–Trinajstić information content (AvgIpc) is 3.18. The molecule has 3 fully saturated rings. The van der Waals surface area contributed by atoms with Crippen LogP contribution < -0.4 is 10.1 Å². The van der Waals surface area contributed by atoms with Crippen molar-refractivity contribution in [3.8, 4) is 5.75 Å². The largest absolute Gasteiger partial charge is 0.482 e. The van der Waals surface area contributed by atoms with Crippen molar-refractivity contribution >= 4 is 5.97 Å². The van der Waals surface area contributed by atoms with Gasteiger partial charge in [0.1, 0.15) is 5.75 Å². The molecule has 4 rings (SSSR count). The summed E-state index contributed by atoms with van der Waals surface area (Å²) in [5, 5.41) is 12.3. The van der Waals surface area contributed by atoms with Crippen LogP contribution in [0.15, 0.2) is 24.3 Å². The summed E-state index contributed by atoms with van der Waals surface area (Å²) in [6, 6.07) is 9.19. The van der Waals surface area contributed by atoms with E-state index >= 15 is 0 Å². The standard InChI is InChI=1S/C17H22N2O3/c20-17(21)10-22-16-4-2-1-3-11(16)9-19-14-5-6-15(19)13-8-18-7-12(13)14/h1-4,12-15,18H,5-10H2,(H,20,21)/t12-,13+,14-,15+. The molecule has 3 heterocycles. The van der Waals surface area contributed by atoms with Crippen LogP contribution in [0.3, 0.4) is 0 Å². The van der Waals surface area contributed by atoms with E-state index in [2.05, 4.69) is 16.3 Å². The lowest BCUT2D eigenvalue weighted by atomic mass is 9.82. The molecule has 5 heteroatoms.